The molecule has 1 spiro atoms. The van der Waals surface area contributed by atoms with E-state index in [9.17, 15) is 18.0 Å². The zero-order chi connectivity index (χ0) is 36.9. The van der Waals surface area contributed by atoms with Gasteiger partial charge in [-0.05, 0) is 104 Å². The number of carbonyl (C=O) groups excluding carboxylic acids is 2. The van der Waals surface area contributed by atoms with Gasteiger partial charge in [0.05, 0.1) is 28.7 Å². The van der Waals surface area contributed by atoms with Gasteiger partial charge in [0, 0.05) is 50.5 Å². The highest BCUT2D eigenvalue weighted by molar-refractivity contribution is 7.90. The average Bonchev–Trinajstić information content (AvgIpc) is 3.72. The molecule has 2 aromatic carbocycles. The molecule has 1 saturated heterocycles. The highest BCUT2D eigenvalue weighted by atomic mass is 35.5. The standard InChI is InChI=1S/C38H46ClFN6O5S/c1-24-9-11-32(40)35(37(48)43(3)21-29-13-15-41-44(29)4)46-17-7-14-38(46)23-45-16-6-5-8-26-18-28(39)20-31(38)30(26)22-51-34-12-10-27(19-33(34)45)36(47)42-52(49,50)25(24)2/h10-13,15,18-20,24-25,35H,5-9,14,16-17,21-23H2,1-4H3,(H,42,47)/b32-11-/t24-,25+,35+,38-/m0/s1. The van der Waals surface area contributed by atoms with Gasteiger partial charge in [-0.1, -0.05) is 24.6 Å². The second-order valence-electron chi connectivity index (χ2n) is 14.8. The van der Waals surface area contributed by atoms with Crippen LogP contribution in [0.4, 0.5) is 10.1 Å². The summed E-state index contributed by atoms with van der Waals surface area (Å²) in [5.41, 5.74) is 3.69. The lowest BCUT2D eigenvalue weighted by Crippen LogP contribution is -2.58. The summed E-state index contributed by atoms with van der Waals surface area (Å²) in [6.07, 6.45) is 6.82. The molecule has 4 aliphatic rings. The predicted octanol–water partition coefficient (Wildman–Crippen LogP) is 5.47. The van der Waals surface area contributed by atoms with E-state index in [1.54, 1.807) is 50.1 Å². The van der Waals surface area contributed by atoms with E-state index in [0.29, 0.717) is 48.9 Å². The van der Waals surface area contributed by atoms with Gasteiger partial charge in [0.2, 0.25) is 15.9 Å². The van der Waals surface area contributed by atoms with Crippen LogP contribution in [-0.4, -0.2) is 77.8 Å². The molecule has 0 radical (unpaired) electrons. The number of ether oxygens (including phenoxy) is 1. The van der Waals surface area contributed by atoms with Gasteiger partial charge in [-0.15, -0.1) is 0 Å². The second-order valence-corrected chi connectivity index (χ2v) is 17.3. The van der Waals surface area contributed by atoms with Crippen LogP contribution in [0.5, 0.6) is 5.75 Å². The fourth-order valence-electron chi connectivity index (χ4n) is 8.39. The first-order valence-electron chi connectivity index (χ1n) is 18.0. The molecule has 11 nitrogen and oxygen atoms in total. The van der Waals surface area contributed by atoms with E-state index in [4.69, 9.17) is 16.3 Å². The normalized spacial score (nSPS) is 27.2. The Balaban J connectivity index is 1.47. The lowest BCUT2D eigenvalue weighted by Gasteiger charge is -2.47. The molecule has 52 heavy (non-hydrogen) atoms. The number of aromatic nitrogens is 2. The number of amides is 2. The first-order valence-corrected chi connectivity index (χ1v) is 19.9. The first-order chi connectivity index (χ1) is 24.8. The van der Waals surface area contributed by atoms with Crippen molar-refractivity contribution in [3.05, 3.63) is 87.5 Å². The Morgan fingerprint density at radius 1 is 1.15 bits per heavy atom. The summed E-state index contributed by atoms with van der Waals surface area (Å²) in [5, 5.41) is 3.79. The summed E-state index contributed by atoms with van der Waals surface area (Å²) in [6.45, 7) is 5.01. The van der Waals surface area contributed by atoms with Crippen LogP contribution in [0.1, 0.15) is 78.7 Å². The smallest absolute Gasteiger partial charge is 0.264 e. The lowest BCUT2D eigenvalue weighted by molar-refractivity contribution is -0.137. The van der Waals surface area contributed by atoms with Gasteiger partial charge in [0.25, 0.3) is 5.91 Å². The van der Waals surface area contributed by atoms with Gasteiger partial charge >= 0.3 is 0 Å². The number of halogens is 2. The highest BCUT2D eigenvalue weighted by Gasteiger charge is 2.52. The van der Waals surface area contributed by atoms with Gasteiger partial charge in [-0.25, -0.2) is 17.5 Å². The van der Waals surface area contributed by atoms with Crippen LogP contribution in [0.25, 0.3) is 0 Å². The topological polar surface area (TPSA) is 117 Å². The fourth-order valence-corrected chi connectivity index (χ4v) is 9.92. The number of anilines is 1. The Morgan fingerprint density at radius 2 is 1.96 bits per heavy atom. The monoisotopic (exact) mass is 752 g/mol. The van der Waals surface area contributed by atoms with E-state index in [0.717, 1.165) is 41.6 Å². The molecule has 1 N–H and O–H groups in total. The molecule has 5 heterocycles. The molecular formula is C38H46ClFN6O5S. The van der Waals surface area contributed by atoms with Crippen molar-refractivity contribution in [2.24, 2.45) is 13.0 Å². The molecule has 0 aliphatic carbocycles. The van der Waals surface area contributed by atoms with Crippen LogP contribution in [0.15, 0.2) is 54.5 Å². The average molecular weight is 753 g/mol. The number of fused-ring (bicyclic) bond motifs is 1. The van der Waals surface area contributed by atoms with Crippen molar-refractivity contribution in [2.75, 3.05) is 31.6 Å². The van der Waals surface area contributed by atoms with E-state index in [1.807, 2.05) is 23.1 Å². The largest absolute Gasteiger partial charge is 0.487 e. The summed E-state index contributed by atoms with van der Waals surface area (Å²) in [4.78, 5) is 34.1. The third-order valence-corrected chi connectivity index (χ3v) is 13.7. The number of benzene rings is 2. The maximum atomic E-state index is 17.3. The summed E-state index contributed by atoms with van der Waals surface area (Å²) in [5.74, 6) is -1.83. The summed E-state index contributed by atoms with van der Waals surface area (Å²) >= 11 is 6.92. The molecule has 14 heteroatoms. The maximum absolute atomic E-state index is 17.3. The number of allylic oxidation sites excluding steroid dienone is 1. The molecule has 0 unspecified atom stereocenters. The minimum Gasteiger partial charge on any atom is -0.487 e. The summed E-state index contributed by atoms with van der Waals surface area (Å²) in [7, 11) is -0.674. The minimum atomic E-state index is -4.15. The molecule has 2 amide bonds. The number of likely N-dealkylation sites (N-methyl/N-ethyl adjacent to an activating group) is 1. The Bertz CT molecular complexity index is 2040. The molecule has 7 bridgehead atoms. The van der Waals surface area contributed by atoms with Crippen molar-refractivity contribution >= 4 is 39.1 Å². The van der Waals surface area contributed by atoms with E-state index in [-0.39, 0.29) is 25.1 Å². The fraction of sp³-hybridized carbons (Fsp3) is 0.500. The second kappa shape index (κ2) is 14.1. The van der Waals surface area contributed by atoms with Crippen molar-refractivity contribution < 1.29 is 27.1 Å². The number of carbonyl (C=O) groups is 2. The maximum Gasteiger partial charge on any atom is 0.264 e. The van der Waals surface area contributed by atoms with Crippen molar-refractivity contribution in [3.63, 3.8) is 0 Å². The number of hydrogen-bond donors (Lipinski definition) is 1. The Labute approximate surface area is 309 Å². The summed E-state index contributed by atoms with van der Waals surface area (Å²) < 4.78 is 54.8. The Hall–Kier alpha value is -3.94. The van der Waals surface area contributed by atoms with E-state index in [2.05, 4.69) is 14.7 Å². The molecule has 4 atom stereocenters. The van der Waals surface area contributed by atoms with Gasteiger partial charge in [0.1, 0.15) is 24.2 Å². The van der Waals surface area contributed by atoms with Crippen molar-refractivity contribution in [3.8, 4) is 5.75 Å². The zero-order valence-electron chi connectivity index (χ0n) is 30.1. The number of rotatable bonds is 3. The van der Waals surface area contributed by atoms with E-state index < -0.39 is 50.4 Å². The molecule has 1 fully saturated rings. The van der Waals surface area contributed by atoms with Crippen LogP contribution in [0, 0.1) is 5.92 Å². The molecule has 278 valence electrons. The number of nitrogens with zero attached hydrogens (tertiary/aromatic N) is 5. The molecule has 4 aliphatic heterocycles. The molecule has 1 aromatic heterocycles. The Kier molecular flexibility index (Phi) is 9.90. The number of sulfonamides is 1. The lowest BCUT2D eigenvalue weighted by atomic mass is 9.79. The predicted molar refractivity (Wildman–Crippen MR) is 197 cm³/mol. The van der Waals surface area contributed by atoms with Crippen LogP contribution < -0.4 is 14.4 Å². The summed E-state index contributed by atoms with van der Waals surface area (Å²) in [6, 6.07) is 9.48. The number of aryl methyl sites for hydroxylation is 2. The third-order valence-electron chi connectivity index (χ3n) is 11.6. The van der Waals surface area contributed by atoms with E-state index in [1.165, 1.54) is 17.9 Å². The van der Waals surface area contributed by atoms with Crippen molar-refractivity contribution in [2.45, 2.75) is 82.4 Å². The molecule has 7 rings (SSSR count). The van der Waals surface area contributed by atoms with E-state index >= 15 is 4.39 Å². The Morgan fingerprint density at radius 3 is 2.73 bits per heavy atom. The van der Waals surface area contributed by atoms with Gasteiger partial charge < -0.3 is 14.5 Å². The number of hydrogen-bond acceptors (Lipinski definition) is 8. The van der Waals surface area contributed by atoms with Crippen molar-refractivity contribution in [1.29, 1.82) is 0 Å². The minimum absolute atomic E-state index is 0.0313. The quantitative estimate of drug-likeness (QED) is 0.375. The van der Waals surface area contributed by atoms with Crippen molar-refractivity contribution in [1.82, 2.24) is 24.3 Å². The first kappa shape index (κ1) is 36.4. The zero-order valence-corrected chi connectivity index (χ0v) is 31.6. The molecular weight excluding hydrogens is 707 g/mol. The van der Waals surface area contributed by atoms with Crippen LogP contribution in [0.2, 0.25) is 5.02 Å². The highest BCUT2D eigenvalue weighted by Crippen LogP contribution is 2.49. The molecule has 0 saturated carbocycles. The van der Waals surface area contributed by atoms with Crippen LogP contribution in [0.3, 0.4) is 0 Å². The van der Waals surface area contributed by atoms with Crippen LogP contribution >= 0.6 is 11.6 Å². The van der Waals surface area contributed by atoms with Gasteiger partial charge in [-0.2, -0.15) is 5.10 Å². The van der Waals surface area contributed by atoms with Gasteiger partial charge in [0.15, 0.2) is 0 Å². The third kappa shape index (κ3) is 6.60. The van der Waals surface area contributed by atoms with Gasteiger partial charge in [-0.3, -0.25) is 19.2 Å². The SMILES string of the molecule is C[C@@H]1[C@@H](C)C/C=C(\F)[C@H](C(=O)N(C)Cc2ccnn2C)N2CCC[C@@]23CN2CCCCc4cc(Cl)cc3c4COc3ccc(cc32)C(=O)NS1(=O)=O. The molecule has 3 aromatic rings. The number of nitrogens with one attached hydrogen (secondary N) is 1. The van der Waals surface area contributed by atoms with Crippen LogP contribution in [-0.2, 0) is 47.0 Å².